The molecular formula is C8H12O3. The minimum absolute atomic E-state index is 0.0221. The maximum absolute atomic E-state index is 10.6. The van der Waals surface area contributed by atoms with Gasteiger partial charge in [0.25, 0.3) is 0 Å². The molecule has 0 rings (SSSR count). The van der Waals surface area contributed by atoms with Gasteiger partial charge in [-0.15, -0.1) is 0 Å². The molecule has 0 radical (unpaired) electrons. The van der Waals surface area contributed by atoms with E-state index in [0.717, 1.165) is 0 Å². The molecule has 0 aliphatic carbocycles. The number of allylic oxidation sites excluding steroid dienone is 1. The van der Waals surface area contributed by atoms with Crippen molar-refractivity contribution in [1.82, 2.24) is 0 Å². The van der Waals surface area contributed by atoms with Crippen molar-refractivity contribution in [3.63, 3.8) is 0 Å². The molecule has 3 nitrogen and oxygen atoms in total. The minimum atomic E-state index is -0.329. The van der Waals surface area contributed by atoms with Crippen LogP contribution < -0.4 is 0 Å². The molecule has 0 aromatic heterocycles. The SMILES string of the molecule is CCC(=O)/C=C/CC(=O)OC. The summed E-state index contributed by atoms with van der Waals surface area (Å²) in [4.78, 5) is 21.1. The molecule has 0 aliphatic rings. The van der Waals surface area contributed by atoms with Gasteiger partial charge in [0.1, 0.15) is 0 Å². The molecule has 0 atom stereocenters. The molecule has 0 amide bonds. The highest BCUT2D eigenvalue weighted by atomic mass is 16.5. The first kappa shape index (κ1) is 9.88. The molecule has 0 aromatic carbocycles. The van der Waals surface area contributed by atoms with E-state index in [-0.39, 0.29) is 18.2 Å². The van der Waals surface area contributed by atoms with Crippen molar-refractivity contribution < 1.29 is 14.3 Å². The molecule has 11 heavy (non-hydrogen) atoms. The van der Waals surface area contributed by atoms with Crippen LogP contribution in [0, 0.1) is 0 Å². The maximum atomic E-state index is 10.6. The molecule has 0 fully saturated rings. The van der Waals surface area contributed by atoms with Crippen LogP contribution >= 0.6 is 0 Å². The molecule has 0 aliphatic heterocycles. The first-order valence-corrected chi connectivity index (χ1v) is 3.47. The smallest absolute Gasteiger partial charge is 0.309 e. The van der Waals surface area contributed by atoms with Crippen molar-refractivity contribution in [2.45, 2.75) is 19.8 Å². The van der Waals surface area contributed by atoms with Gasteiger partial charge in [-0.2, -0.15) is 0 Å². The second-order valence-corrected chi connectivity index (χ2v) is 2.00. The molecule has 0 unspecified atom stereocenters. The van der Waals surface area contributed by atoms with E-state index in [9.17, 15) is 9.59 Å². The standard InChI is InChI=1S/C8H12O3/c1-3-7(9)5-4-6-8(10)11-2/h4-5H,3,6H2,1-2H3/b5-4+. The average Bonchev–Trinajstić information content (AvgIpc) is 2.04. The van der Waals surface area contributed by atoms with Crippen molar-refractivity contribution >= 4 is 11.8 Å². The van der Waals surface area contributed by atoms with Crippen LogP contribution in [0.3, 0.4) is 0 Å². The van der Waals surface area contributed by atoms with E-state index in [1.807, 2.05) is 0 Å². The fraction of sp³-hybridized carbons (Fsp3) is 0.500. The molecule has 0 N–H and O–H groups in total. The Morgan fingerprint density at radius 3 is 2.55 bits per heavy atom. The van der Waals surface area contributed by atoms with Gasteiger partial charge in [0.05, 0.1) is 13.5 Å². The first-order chi connectivity index (χ1) is 5.20. The Labute approximate surface area is 66.0 Å². The van der Waals surface area contributed by atoms with E-state index < -0.39 is 0 Å². The second kappa shape index (κ2) is 5.65. The highest BCUT2D eigenvalue weighted by molar-refractivity contribution is 5.89. The number of ether oxygens (including phenoxy) is 1. The molecule has 62 valence electrons. The van der Waals surface area contributed by atoms with Gasteiger partial charge < -0.3 is 4.74 Å². The summed E-state index contributed by atoms with van der Waals surface area (Å²) in [5.41, 5.74) is 0. The normalized spacial score (nSPS) is 10.0. The quantitative estimate of drug-likeness (QED) is 0.452. The number of carbonyl (C=O) groups excluding carboxylic acids is 2. The zero-order valence-electron chi connectivity index (χ0n) is 6.79. The maximum Gasteiger partial charge on any atom is 0.309 e. The zero-order valence-corrected chi connectivity index (χ0v) is 6.79. The summed E-state index contributed by atoms with van der Waals surface area (Å²) >= 11 is 0. The van der Waals surface area contributed by atoms with Crippen molar-refractivity contribution in [1.29, 1.82) is 0 Å². The lowest BCUT2D eigenvalue weighted by Gasteiger charge is -1.90. The molecule has 0 spiro atoms. The molecule has 0 saturated carbocycles. The fourth-order valence-electron chi connectivity index (χ4n) is 0.488. The Morgan fingerprint density at radius 1 is 1.45 bits per heavy atom. The van der Waals surface area contributed by atoms with Gasteiger partial charge in [-0.25, -0.2) is 0 Å². The number of esters is 1. The summed E-state index contributed by atoms with van der Waals surface area (Å²) < 4.78 is 4.36. The monoisotopic (exact) mass is 156 g/mol. The van der Waals surface area contributed by atoms with Crippen LogP contribution in [0.4, 0.5) is 0 Å². The van der Waals surface area contributed by atoms with E-state index in [1.54, 1.807) is 6.92 Å². The number of hydrogen-bond donors (Lipinski definition) is 0. The largest absolute Gasteiger partial charge is 0.469 e. The molecular weight excluding hydrogens is 144 g/mol. The lowest BCUT2D eigenvalue weighted by atomic mass is 10.2. The summed E-state index contributed by atoms with van der Waals surface area (Å²) in [5, 5.41) is 0. The summed E-state index contributed by atoms with van der Waals surface area (Å²) in [6.07, 6.45) is 3.55. The second-order valence-electron chi connectivity index (χ2n) is 2.00. The summed E-state index contributed by atoms with van der Waals surface area (Å²) in [6, 6.07) is 0. The Morgan fingerprint density at radius 2 is 2.09 bits per heavy atom. The van der Waals surface area contributed by atoms with Crippen LogP contribution in [0.1, 0.15) is 19.8 Å². The average molecular weight is 156 g/mol. The molecule has 0 saturated heterocycles. The van der Waals surface area contributed by atoms with Crippen LogP contribution in [0.5, 0.6) is 0 Å². The van der Waals surface area contributed by atoms with Gasteiger partial charge >= 0.3 is 5.97 Å². The third kappa shape index (κ3) is 5.33. The topological polar surface area (TPSA) is 43.4 Å². The van der Waals surface area contributed by atoms with Crippen LogP contribution in [0.2, 0.25) is 0 Å². The molecule has 0 heterocycles. The van der Waals surface area contributed by atoms with E-state index >= 15 is 0 Å². The molecule has 3 heteroatoms. The predicted octanol–water partition coefficient (Wildman–Crippen LogP) is 1.08. The van der Waals surface area contributed by atoms with Gasteiger partial charge in [0, 0.05) is 6.42 Å². The van der Waals surface area contributed by atoms with Gasteiger partial charge in [-0.05, 0) is 6.08 Å². The summed E-state index contributed by atoms with van der Waals surface area (Å²) in [5.74, 6) is -0.306. The van der Waals surface area contributed by atoms with Crippen LogP contribution in [-0.4, -0.2) is 18.9 Å². The summed E-state index contributed by atoms with van der Waals surface area (Å²) in [6.45, 7) is 1.77. The number of rotatable bonds is 4. The highest BCUT2D eigenvalue weighted by Crippen LogP contribution is 1.89. The first-order valence-electron chi connectivity index (χ1n) is 3.47. The fourth-order valence-corrected chi connectivity index (χ4v) is 0.488. The third-order valence-corrected chi connectivity index (χ3v) is 1.16. The van der Waals surface area contributed by atoms with Gasteiger partial charge in [-0.1, -0.05) is 13.0 Å². The van der Waals surface area contributed by atoms with Crippen LogP contribution in [-0.2, 0) is 14.3 Å². The third-order valence-electron chi connectivity index (χ3n) is 1.16. The highest BCUT2D eigenvalue weighted by Gasteiger charge is 1.95. The van der Waals surface area contributed by atoms with Gasteiger partial charge in [-0.3, -0.25) is 9.59 Å². The Bertz CT molecular complexity index is 170. The van der Waals surface area contributed by atoms with E-state index in [0.29, 0.717) is 6.42 Å². The number of hydrogen-bond acceptors (Lipinski definition) is 3. The van der Waals surface area contributed by atoms with Crippen LogP contribution in [0.25, 0.3) is 0 Å². The molecule has 0 bridgehead atoms. The zero-order chi connectivity index (χ0) is 8.69. The van der Waals surface area contributed by atoms with Gasteiger partial charge in [0.15, 0.2) is 5.78 Å². The summed E-state index contributed by atoms with van der Waals surface area (Å²) in [7, 11) is 1.32. The Hall–Kier alpha value is -1.12. The van der Waals surface area contributed by atoms with Crippen molar-refractivity contribution in [2.24, 2.45) is 0 Å². The van der Waals surface area contributed by atoms with Crippen molar-refractivity contribution in [2.75, 3.05) is 7.11 Å². The van der Waals surface area contributed by atoms with Gasteiger partial charge in [0.2, 0.25) is 0 Å². The van der Waals surface area contributed by atoms with Crippen LogP contribution in [0.15, 0.2) is 12.2 Å². The Kier molecular flexibility index (Phi) is 5.07. The molecule has 0 aromatic rings. The predicted molar refractivity (Wildman–Crippen MR) is 41.1 cm³/mol. The lowest BCUT2D eigenvalue weighted by Crippen LogP contribution is -1.97. The van der Waals surface area contributed by atoms with E-state index in [4.69, 9.17) is 0 Å². The lowest BCUT2D eigenvalue weighted by molar-refractivity contribution is -0.139. The van der Waals surface area contributed by atoms with E-state index in [1.165, 1.54) is 19.3 Å². The van der Waals surface area contributed by atoms with Crippen molar-refractivity contribution in [3.05, 3.63) is 12.2 Å². The van der Waals surface area contributed by atoms with E-state index in [2.05, 4.69) is 4.74 Å². The number of ketones is 1. The minimum Gasteiger partial charge on any atom is -0.469 e. The van der Waals surface area contributed by atoms with Crippen molar-refractivity contribution in [3.8, 4) is 0 Å². The number of methoxy groups -OCH3 is 1. The Balaban J connectivity index is 3.60. The number of carbonyl (C=O) groups is 2.